The number of benzene rings is 1. The van der Waals surface area contributed by atoms with E-state index in [0.29, 0.717) is 0 Å². The second-order valence-corrected chi connectivity index (χ2v) is 5.30. The number of rotatable bonds is 4. The lowest BCUT2D eigenvalue weighted by atomic mass is 9.97. The summed E-state index contributed by atoms with van der Waals surface area (Å²) < 4.78 is 4.89. The molecule has 0 amide bonds. The van der Waals surface area contributed by atoms with Gasteiger partial charge in [-0.2, -0.15) is 0 Å². The lowest BCUT2D eigenvalue weighted by molar-refractivity contribution is -0.144. The highest BCUT2D eigenvalue weighted by Gasteiger charge is 2.28. The molecule has 1 aliphatic rings. The normalized spacial score (nSPS) is 18.1. The molecule has 0 aromatic heterocycles. The summed E-state index contributed by atoms with van der Waals surface area (Å²) >= 11 is 0. The molecule has 0 aliphatic carbocycles. The van der Waals surface area contributed by atoms with Crippen LogP contribution in [0, 0.1) is 5.92 Å². The Morgan fingerprint density at radius 3 is 2.60 bits per heavy atom. The molecule has 1 heterocycles. The number of carbonyl (C=O) groups excluding carboxylic acids is 1. The average Bonchev–Trinajstić information content (AvgIpc) is 2.53. The van der Waals surface area contributed by atoms with Crippen molar-refractivity contribution in [2.24, 2.45) is 5.92 Å². The van der Waals surface area contributed by atoms with Crippen LogP contribution in [-0.2, 0) is 9.53 Å². The molecule has 1 aromatic rings. The Hall–Kier alpha value is -1.77. The Balaban J connectivity index is 2.23. The van der Waals surface area contributed by atoms with E-state index in [0.717, 1.165) is 25.1 Å². The van der Waals surface area contributed by atoms with Crippen molar-refractivity contribution >= 4 is 5.97 Å². The van der Waals surface area contributed by atoms with Crippen LogP contribution in [-0.4, -0.2) is 24.5 Å². The summed E-state index contributed by atoms with van der Waals surface area (Å²) in [5, 5.41) is 0. The van der Waals surface area contributed by atoms with Crippen molar-refractivity contribution in [3.63, 3.8) is 0 Å². The third-order valence-electron chi connectivity index (χ3n) is 4.04. The molecule has 2 rings (SSSR count). The molecule has 3 nitrogen and oxygen atoms in total. The van der Waals surface area contributed by atoms with Crippen LogP contribution < -0.4 is 0 Å². The summed E-state index contributed by atoms with van der Waals surface area (Å²) in [5.74, 6) is -0.366. The Bertz CT molecular complexity index is 481. The minimum atomic E-state index is -0.202. The molecule has 1 unspecified atom stereocenters. The first kappa shape index (κ1) is 14.6. The summed E-state index contributed by atoms with van der Waals surface area (Å²) in [6.07, 6.45) is 4.35. The largest absolute Gasteiger partial charge is 0.469 e. The number of hydrogen-bond acceptors (Lipinski definition) is 3. The minimum absolute atomic E-state index is 0.164. The van der Waals surface area contributed by atoms with Gasteiger partial charge in [0.05, 0.1) is 19.1 Å². The Labute approximate surface area is 121 Å². The van der Waals surface area contributed by atoms with Gasteiger partial charge in [0, 0.05) is 12.2 Å². The summed E-state index contributed by atoms with van der Waals surface area (Å²) in [6, 6.07) is 10.7. The maximum absolute atomic E-state index is 11.8. The quantitative estimate of drug-likeness (QED) is 0.786. The monoisotopic (exact) mass is 273 g/mol. The summed E-state index contributed by atoms with van der Waals surface area (Å²) in [5.41, 5.74) is 2.37. The molecule has 0 saturated heterocycles. The lowest BCUT2D eigenvalue weighted by Gasteiger charge is -2.38. The minimum Gasteiger partial charge on any atom is -0.469 e. The fraction of sp³-hybridized carbons (Fsp3) is 0.471. The molecule has 108 valence electrons. The number of methoxy groups -OCH3 is 1. The van der Waals surface area contributed by atoms with Gasteiger partial charge in [0.2, 0.25) is 0 Å². The number of nitrogens with zero attached hydrogens (tertiary/aromatic N) is 1. The topological polar surface area (TPSA) is 29.5 Å². The van der Waals surface area contributed by atoms with Gasteiger partial charge >= 0.3 is 5.97 Å². The number of allylic oxidation sites excluding steroid dienone is 1. The molecule has 1 aliphatic heterocycles. The zero-order chi connectivity index (χ0) is 14.5. The summed E-state index contributed by atoms with van der Waals surface area (Å²) in [6.45, 7) is 5.11. The molecule has 20 heavy (non-hydrogen) atoms. The van der Waals surface area contributed by atoms with E-state index in [4.69, 9.17) is 4.74 Å². The van der Waals surface area contributed by atoms with Crippen LogP contribution in [0.4, 0.5) is 0 Å². The van der Waals surface area contributed by atoms with Gasteiger partial charge in [-0.3, -0.25) is 4.79 Å². The van der Waals surface area contributed by atoms with Crippen LogP contribution in [0.15, 0.2) is 42.1 Å². The first-order valence-corrected chi connectivity index (χ1v) is 7.24. The Morgan fingerprint density at radius 2 is 1.95 bits per heavy atom. The molecular weight excluding hydrogens is 250 g/mol. The summed E-state index contributed by atoms with van der Waals surface area (Å²) in [4.78, 5) is 14.2. The van der Waals surface area contributed by atoms with Gasteiger partial charge in [-0.15, -0.1) is 0 Å². The predicted molar refractivity (Wildman–Crippen MR) is 80.1 cm³/mol. The maximum Gasteiger partial charge on any atom is 0.314 e. The fourth-order valence-electron chi connectivity index (χ4n) is 2.81. The standard InChI is InChI=1S/C17H23NO2/c1-13(17(19)20-3)16-11-7-8-12-18(16)14(2)15-9-5-4-6-10-15/h4-6,9-11,13-14H,7-8,12H2,1-3H3/t13?,14-/m1/s1. The number of esters is 1. The maximum atomic E-state index is 11.8. The van der Waals surface area contributed by atoms with Crippen molar-refractivity contribution in [1.29, 1.82) is 0 Å². The van der Waals surface area contributed by atoms with Crippen molar-refractivity contribution < 1.29 is 9.53 Å². The molecule has 2 atom stereocenters. The molecule has 0 saturated carbocycles. The predicted octanol–water partition coefficient (Wildman–Crippen LogP) is 3.54. The smallest absolute Gasteiger partial charge is 0.314 e. The molecule has 0 radical (unpaired) electrons. The van der Waals surface area contributed by atoms with Crippen molar-refractivity contribution in [2.75, 3.05) is 13.7 Å². The highest BCUT2D eigenvalue weighted by Crippen LogP contribution is 2.31. The van der Waals surface area contributed by atoms with Crippen LogP contribution >= 0.6 is 0 Å². The van der Waals surface area contributed by atoms with Crippen molar-refractivity contribution in [3.8, 4) is 0 Å². The number of ether oxygens (including phenoxy) is 1. The molecule has 0 bridgehead atoms. The van der Waals surface area contributed by atoms with E-state index < -0.39 is 0 Å². The SMILES string of the molecule is COC(=O)C(C)C1=CCCCN1[C@H](C)c1ccccc1. The van der Waals surface area contributed by atoms with E-state index in [1.807, 2.05) is 13.0 Å². The van der Waals surface area contributed by atoms with E-state index >= 15 is 0 Å². The highest BCUT2D eigenvalue weighted by molar-refractivity contribution is 5.75. The second-order valence-electron chi connectivity index (χ2n) is 5.30. The van der Waals surface area contributed by atoms with Crippen molar-refractivity contribution in [1.82, 2.24) is 4.90 Å². The van der Waals surface area contributed by atoms with Crippen LogP contribution in [0.2, 0.25) is 0 Å². The molecule has 0 fully saturated rings. The first-order valence-electron chi connectivity index (χ1n) is 7.24. The zero-order valence-electron chi connectivity index (χ0n) is 12.5. The van der Waals surface area contributed by atoms with E-state index in [1.54, 1.807) is 0 Å². The van der Waals surface area contributed by atoms with Gasteiger partial charge in [-0.25, -0.2) is 0 Å². The summed E-state index contributed by atoms with van der Waals surface area (Å²) in [7, 11) is 1.45. The highest BCUT2D eigenvalue weighted by atomic mass is 16.5. The molecular formula is C17H23NO2. The van der Waals surface area contributed by atoms with Crippen LogP contribution in [0.1, 0.15) is 38.3 Å². The Kier molecular flexibility index (Phi) is 4.83. The van der Waals surface area contributed by atoms with Crippen molar-refractivity contribution in [3.05, 3.63) is 47.7 Å². The molecule has 0 spiro atoms. The van der Waals surface area contributed by atoms with Gasteiger partial charge in [-0.05, 0) is 32.3 Å². The van der Waals surface area contributed by atoms with Crippen molar-refractivity contribution in [2.45, 2.75) is 32.7 Å². The van der Waals surface area contributed by atoms with Gasteiger partial charge < -0.3 is 9.64 Å². The van der Waals surface area contributed by atoms with Crippen LogP contribution in [0.3, 0.4) is 0 Å². The van der Waals surface area contributed by atoms with E-state index in [1.165, 1.54) is 12.7 Å². The van der Waals surface area contributed by atoms with Gasteiger partial charge in [-0.1, -0.05) is 36.4 Å². The van der Waals surface area contributed by atoms with Crippen LogP contribution in [0.25, 0.3) is 0 Å². The van der Waals surface area contributed by atoms with Gasteiger partial charge in [0.25, 0.3) is 0 Å². The Morgan fingerprint density at radius 1 is 1.25 bits per heavy atom. The number of hydrogen-bond donors (Lipinski definition) is 0. The van der Waals surface area contributed by atoms with Crippen LogP contribution in [0.5, 0.6) is 0 Å². The fourth-order valence-corrected chi connectivity index (χ4v) is 2.81. The van der Waals surface area contributed by atoms with E-state index in [2.05, 4.69) is 42.2 Å². The van der Waals surface area contributed by atoms with E-state index in [-0.39, 0.29) is 17.9 Å². The average molecular weight is 273 g/mol. The van der Waals surface area contributed by atoms with Gasteiger partial charge in [0.1, 0.15) is 0 Å². The lowest BCUT2D eigenvalue weighted by Crippen LogP contribution is -2.35. The molecule has 1 aromatic carbocycles. The third kappa shape index (κ3) is 3.03. The van der Waals surface area contributed by atoms with Gasteiger partial charge in [0.15, 0.2) is 0 Å². The second kappa shape index (κ2) is 6.60. The third-order valence-corrected chi connectivity index (χ3v) is 4.04. The number of carbonyl (C=O) groups is 1. The first-order chi connectivity index (χ1) is 9.65. The molecule has 0 N–H and O–H groups in total. The van der Waals surface area contributed by atoms with E-state index in [9.17, 15) is 4.79 Å². The molecule has 3 heteroatoms. The zero-order valence-corrected chi connectivity index (χ0v) is 12.5.